The number of piperidine rings is 1. The molecule has 0 bridgehead atoms. The average Bonchev–Trinajstić information content (AvgIpc) is 3.50. The third kappa shape index (κ3) is 5.83. The van der Waals surface area contributed by atoms with Crippen molar-refractivity contribution in [3.05, 3.63) is 71.1 Å². The maximum atomic E-state index is 15.0. The Labute approximate surface area is 240 Å². The zero-order valence-corrected chi connectivity index (χ0v) is 23.6. The summed E-state index contributed by atoms with van der Waals surface area (Å²) in [5.41, 5.74) is 3.42. The van der Waals surface area contributed by atoms with Crippen LogP contribution in [0.5, 0.6) is 11.5 Å². The van der Waals surface area contributed by atoms with Gasteiger partial charge in [0.25, 0.3) is 5.91 Å². The highest BCUT2D eigenvalue weighted by molar-refractivity contribution is 6.00. The smallest absolute Gasteiger partial charge is 0.257 e. The Bertz CT molecular complexity index is 1360. The number of nitrogens with zero attached hydrogens (tertiary/aromatic N) is 1. The molecule has 2 heterocycles. The Balaban J connectivity index is 1.29. The summed E-state index contributed by atoms with van der Waals surface area (Å²) in [7, 11) is 0. The fraction of sp³-hybridized carbons (Fsp3) is 0.455. The van der Waals surface area contributed by atoms with Gasteiger partial charge in [-0.15, -0.1) is 0 Å². The molecule has 2 amide bonds. The summed E-state index contributed by atoms with van der Waals surface area (Å²) < 4.78 is 26.3. The van der Waals surface area contributed by atoms with Gasteiger partial charge in [-0.05, 0) is 81.4 Å². The Kier molecular flexibility index (Phi) is 7.99. The zero-order valence-electron chi connectivity index (χ0n) is 23.6. The van der Waals surface area contributed by atoms with Crippen LogP contribution in [0.15, 0.2) is 65.5 Å². The predicted octanol–water partition coefficient (Wildman–Crippen LogP) is 6.69. The number of allylic oxidation sites excluding steroid dienone is 2. The molecule has 2 aromatic carbocycles. The van der Waals surface area contributed by atoms with E-state index in [1.54, 1.807) is 23.1 Å². The van der Waals surface area contributed by atoms with Crippen LogP contribution in [0.4, 0.5) is 15.8 Å². The summed E-state index contributed by atoms with van der Waals surface area (Å²) in [6.45, 7) is 3.24. The van der Waals surface area contributed by atoms with Gasteiger partial charge in [-0.1, -0.05) is 30.5 Å². The first-order valence-corrected chi connectivity index (χ1v) is 14.9. The number of hydrogen-bond donors (Lipinski definition) is 2. The summed E-state index contributed by atoms with van der Waals surface area (Å²) in [6.07, 6.45) is 8.84. The molecule has 2 fully saturated rings. The van der Waals surface area contributed by atoms with E-state index in [2.05, 4.69) is 10.6 Å². The molecule has 0 spiro atoms. The molecule has 2 aromatic rings. The lowest BCUT2D eigenvalue weighted by Crippen LogP contribution is -2.47. The van der Waals surface area contributed by atoms with Gasteiger partial charge in [-0.3, -0.25) is 9.59 Å². The molecule has 216 valence electrons. The van der Waals surface area contributed by atoms with Crippen LogP contribution in [0.25, 0.3) is 0 Å². The summed E-state index contributed by atoms with van der Waals surface area (Å²) in [5, 5.41) is 6.67. The second kappa shape index (κ2) is 12.0. The molecular formula is C33H38FN3O4. The van der Waals surface area contributed by atoms with Crippen LogP contribution in [0.1, 0.15) is 69.9 Å². The minimum atomic E-state index is -0.524. The van der Waals surface area contributed by atoms with Gasteiger partial charge < -0.3 is 25.0 Å². The molecule has 0 aromatic heterocycles. The molecule has 1 saturated carbocycles. The lowest BCUT2D eigenvalue weighted by molar-refractivity contribution is -0.135. The van der Waals surface area contributed by atoms with Crippen molar-refractivity contribution in [3.63, 3.8) is 0 Å². The van der Waals surface area contributed by atoms with E-state index in [-0.39, 0.29) is 17.4 Å². The van der Waals surface area contributed by atoms with Gasteiger partial charge in [0.1, 0.15) is 19.0 Å². The van der Waals surface area contributed by atoms with Crippen LogP contribution in [0.2, 0.25) is 0 Å². The van der Waals surface area contributed by atoms with Gasteiger partial charge in [-0.2, -0.15) is 0 Å². The molecule has 41 heavy (non-hydrogen) atoms. The van der Waals surface area contributed by atoms with Crippen molar-refractivity contribution in [1.82, 2.24) is 4.90 Å². The van der Waals surface area contributed by atoms with Crippen LogP contribution in [-0.4, -0.2) is 42.5 Å². The van der Waals surface area contributed by atoms with E-state index in [9.17, 15) is 9.59 Å². The van der Waals surface area contributed by atoms with Crippen molar-refractivity contribution in [2.45, 2.75) is 70.4 Å². The second-order valence-corrected chi connectivity index (χ2v) is 11.5. The fourth-order valence-electron chi connectivity index (χ4n) is 6.62. The van der Waals surface area contributed by atoms with Gasteiger partial charge >= 0.3 is 0 Å². The average molecular weight is 560 g/mol. The van der Waals surface area contributed by atoms with Crippen molar-refractivity contribution in [2.75, 3.05) is 30.4 Å². The first-order valence-electron chi connectivity index (χ1n) is 14.9. The van der Waals surface area contributed by atoms with Gasteiger partial charge in [0.2, 0.25) is 5.91 Å². The molecule has 6 rings (SSSR count). The van der Waals surface area contributed by atoms with Gasteiger partial charge in [0, 0.05) is 30.0 Å². The van der Waals surface area contributed by atoms with E-state index in [0.29, 0.717) is 68.7 Å². The van der Waals surface area contributed by atoms with Gasteiger partial charge in [-0.25, -0.2) is 4.39 Å². The molecule has 4 aliphatic rings. The number of amides is 2. The number of halogens is 1. The molecule has 2 atom stereocenters. The van der Waals surface area contributed by atoms with E-state index in [4.69, 9.17) is 9.47 Å². The third-order valence-electron chi connectivity index (χ3n) is 8.74. The number of benzene rings is 2. The monoisotopic (exact) mass is 559 g/mol. The second-order valence-electron chi connectivity index (χ2n) is 11.5. The Hall–Kier alpha value is -3.81. The summed E-state index contributed by atoms with van der Waals surface area (Å²) >= 11 is 0. The molecule has 2 N–H and O–H groups in total. The maximum absolute atomic E-state index is 15.0. The van der Waals surface area contributed by atoms with E-state index in [0.717, 1.165) is 16.8 Å². The Morgan fingerprint density at radius 2 is 1.66 bits per heavy atom. The standard InChI is InChI=1S/C33H38FN3O4/c1-21-6-4-10-27(34)30(21)33(39)37-17-5-9-26(32(38)36-25-15-16-28-29(20-25)41-19-18-40-28)31(37)22-11-13-24(14-12-22)35-23-7-2-3-8-23/h10-16,20,23,26,31,35H,2-9,17-19H2,1H3,(H,36,38). The van der Waals surface area contributed by atoms with Crippen LogP contribution in [-0.2, 0) is 9.59 Å². The Morgan fingerprint density at radius 1 is 0.927 bits per heavy atom. The summed E-state index contributed by atoms with van der Waals surface area (Å²) in [6, 6.07) is 13.4. The van der Waals surface area contributed by atoms with Crippen LogP contribution >= 0.6 is 0 Å². The van der Waals surface area contributed by atoms with Gasteiger partial charge in [0.15, 0.2) is 11.5 Å². The van der Waals surface area contributed by atoms with Crippen molar-refractivity contribution in [3.8, 4) is 11.5 Å². The highest BCUT2D eigenvalue weighted by Crippen LogP contribution is 2.41. The molecular weight excluding hydrogens is 521 g/mol. The van der Waals surface area contributed by atoms with Crippen molar-refractivity contribution < 1.29 is 23.5 Å². The number of ether oxygens (including phenoxy) is 2. The number of carbonyl (C=O) groups excluding carboxylic acids is 2. The number of rotatable bonds is 6. The number of fused-ring (bicyclic) bond motifs is 1. The summed E-state index contributed by atoms with van der Waals surface area (Å²) in [4.78, 5) is 29.5. The summed E-state index contributed by atoms with van der Waals surface area (Å²) in [5.74, 6) is -0.242. The maximum Gasteiger partial charge on any atom is 0.257 e. The molecule has 2 aliphatic carbocycles. The van der Waals surface area contributed by atoms with E-state index < -0.39 is 17.8 Å². The van der Waals surface area contributed by atoms with Crippen molar-refractivity contribution >= 4 is 23.2 Å². The highest BCUT2D eigenvalue weighted by atomic mass is 19.1. The molecule has 2 aliphatic heterocycles. The minimum Gasteiger partial charge on any atom is -0.486 e. The zero-order chi connectivity index (χ0) is 28.3. The van der Waals surface area contributed by atoms with Gasteiger partial charge in [0.05, 0.1) is 17.5 Å². The number of carbonyl (C=O) groups is 2. The highest BCUT2D eigenvalue weighted by Gasteiger charge is 2.41. The van der Waals surface area contributed by atoms with Crippen molar-refractivity contribution in [2.24, 2.45) is 5.92 Å². The number of likely N-dealkylation sites (tertiary alicyclic amines) is 1. The predicted molar refractivity (Wildman–Crippen MR) is 157 cm³/mol. The first kappa shape index (κ1) is 27.4. The van der Waals surface area contributed by atoms with E-state index >= 15 is 4.39 Å². The van der Waals surface area contributed by atoms with Crippen LogP contribution in [0.3, 0.4) is 0 Å². The lowest BCUT2D eigenvalue weighted by Gasteiger charge is -2.41. The molecule has 8 heteroatoms. The fourth-order valence-corrected chi connectivity index (χ4v) is 6.62. The molecule has 7 nitrogen and oxygen atoms in total. The van der Waals surface area contributed by atoms with Crippen LogP contribution in [0, 0.1) is 5.92 Å². The van der Waals surface area contributed by atoms with E-state index in [1.807, 2.05) is 31.2 Å². The Morgan fingerprint density at radius 3 is 2.41 bits per heavy atom. The van der Waals surface area contributed by atoms with Crippen molar-refractivity contribution in [1.29, 1.82) is 0 Å². The SMILES string of the molecule is CC1=C(C(=O)N2CCCC(C(=O)Nc3ccc4c(c3)OCCO4)C2c2ccc(NC3CCCC3)cc2)C(F)=CCC1. The third-order valence-corrected chi connectivity index (χ3v) is 8.74. The minimum absolute atomic E-state index is 0.147. The lowest BCUT2D eigenvalue weighted by atomic mass is 9.82. The normalized spacial score (nSPS) is 22.8. The quantitative estimate of drug-likeness (QED) is 0.412. The first-order chi connectivity index (χ1) is 20.0. The number of hydrogen-bond acceptors (Lipinski definition) is 5. The van der Waals surface area contributed by atoms with Crippen LogP contribution < -0.4 is 20.1 Å². The molecule has 2 unspecified atom stereocenters. The topological polar surface area (TPSA) is 79.9 Å². The van der Waals surface area contributed by atoms with E-state index in [1.165, 1.54) is 31.8 Å². The number of nitrogens with one attached hydrogen (secondary N) is 2. The number of anilines is 2. The largest absolute Gasteiger partial charge is 0.486 e. The molecule has 0 radical (unpaired) electrons. The molecule has 1 saturated heterocycles.